The highest BCUT2D eigenvalue weighted by Gasteiger charge is 2.27. The number of fused-ring (bicyclic) bond motifs is 1. The Balaban J connectivity index is 1.43. The van der Waals surface area contributed by atoms with Crippen LogP contribution < -0.4 is 10.6 Å². The molecule has 0 bridgehead atoms. The number of guanidine groups is 1. The van der Waals surface area contributed by atoms with E-state index in [2.05, 4.69) is 38.6 Å². The number of aliphatic imine (C=N–C) groups is 1. The van der Waals surface area contributed by atoms with Gasteiger partial charge in [0.2, 0.25) is 0 Å². The lowest BCUT2D eigenvalue weighted by Crippen LogP contribution is -2.47. The van der Waals surface area contributed by atoms with E-state index >= 15 is 0 Å². The van der Waals surface area contributed by atoms with E-state index in [1.54, 1.807) is 7.11 Å². The molecule has 31 heavy (non-hydrogen) atoms. The van der Waals surface area contributed by atoms with E-state index in [4.69, 9.17) is 14.1 Å². The topological polar surface area (TPSA) is 92.7 Å². The van der Waals surface area contributed by atoms with Gasteiger partial charge in [-0.05, 0) is 58.3 Å². The maximum atomic E-state index is 5.98. The van der Waals surface area contributed by atoms with Crippen molar-refractivity contribution in [3.05, 3.63) is 35.3 Å². The van der Waals surface area contributed by atoms with Crippen LogP contribution in [0.25, 0.3) is 0 Å². The van der Waals surface area contributed by atoms with Crippen molar-refractivity contribution < 1.29 is 9.15 Å². The average Bonchev–Trinajstić information content (AvgIpc) is 3.50. The van der Waals surface area contributed by atoms with Gasteiger partial charge in [-0.25, -0.2) is 9.67 Å². The number of nitrogens with zero attached hydrogens (tertiary/aromatic N) is 5. The van der Waals surface area contributed by atoms with Crippen molar-refractivity contribution in [3.8, 4) is 0 Å². The first kappa shape index (κ1) is 21.8. The fraction of sp³-hybridized carbons (Fsp3) is 0.682. The summed E-state index contributed by atoms with van der Waals surface area (Å²) in [6.07, 6.45) is 4.38. The predicted octanol–water partition coefficient (Wildman–Crippen LogP) is 2.03. The van der Waals surface area contributed by atoms with Crippen molar-refractivity contribution in [1.29, 1.82) is 0 Å². The number of rotatable bonds is 8. The fourth-order valence-corrected chi connectivity index (χ4v) is 4.43. The molecule has 0 spiro atoms. The third-order valence-corrected chi connectivity index (χ3v) is 5.95. The fourth-order valence-electron chi connectivity index (χ4n) is 4.43. The molecule has 4 rings (SSSR count). The van der Waals surface area contributed by atoms with Gasteiger partial charge in [0.1, 0.15) is 24.0 Å². The highest BCUT2D eigenvalue weighted by Crippen LogP contribution is 2.27. The standard InChI is InChI=1S/C22H35N7O2/c1-4-23-22(25-17-8-10-21-26-20(15-30-3)27-29(21)14-17)24-13-18(28-11-5-6-12-28)19-9-7-16(2)31-19/h7,9,17-18H,4-6,8,10-15H2,1-3H3,(H2,23,24,25). The number of methoxy groups -OCH3 is 1. The highest BCUT2D eigenvalue weighted by atomic mass is 16.5. The molecule has 2 unspecified atom stereocenters. The second kappa shape index (κ2) is 10.3. The lowest BCUT2D eigenvalue weighted by molar-refractivity contribution is 0.177. The van der Waals surface area contributed by atoms with Crippen LogP contribution in [0.4, 0.5) is 0 Å². The molecule has 1 fully saturated rings. The molecule has 2 atom stereocenters. The minimum absolute atomic E-state index is 0.177. The van der Waals surface area contributed by atoms with Gasteiger partial charge in [-0.2, -0.15) is 5.10 Å². The summed E-state index contributed by atoms with van der Waals surface area (Å²) >= 11 is 0. The van der Waals surface area contributed by atoms with Gasteiger partial charge in [-0.1, -0.05) is 0 Å². The lowest BCUT2D eigenvalue weighted by atomic mass is 10.1. The summed E-state index contributed by atoms with van der Waals surface area (Å²) in [5.74, 6) is 4.59. The van der Waals surface area contributed by atoms with Crippen LogP contribution in [-0.2, 0) is 24.3 Å². The Bertz CT molecular complexity index is 869. The Labute approximate surface area is 184 Å². The number of hydrogen-bond acceptors (Lipinski definition) is 6. The van der Waals surface area contributed by atoms with Gasteiger partial charge < -0.3 is 19.8 Å². The monoisotopic (exact) mass is 429 g/mol. The van der Waals surface area contributed by atoms with Gasteiger partial charge in [-0.3, -0.25) is 9.89 Å². The molecule has 0 amide bonds. The number of likely N-dealkylation sites (tertiary alicyclic amines) is 1. The largest absolute Gasteiger partial charge is 0.465 e. The maximum absolute atomic E-state index is 5.98. The van der Waals surface area contributed by atoms with Crippen molar-refractivity contribution in [2.24, 2.45) is 4.99 Å². The molecule has 4 heterocycles. The van der Waals surface area contributed by atoms with E-state index in [-0.39, 0.29) is 12.1 Å². The first-order valence-corrected chi connectivity index (χ1v) is 11.4. The number of furan rings is 1. The summed E-state index contributed by atoms with van der Waals surface area (Å²) in [4.78, 5) is 12.0. The molecule has 2 aliphatic rings. The Morgan fingerprint density at radius 3 is 2.90 bits per heavy atom. The van der Waals surface area contributed by atoms with Gasteiger partial charge in [-0.15, -0.1) is 0 Å². The molecule has 170 valence electrons. The van der Waals surface area contributed by atoms with Gasteiger partial charge in [0.25, 0.3) is 0 Å². The van der Waals surface area contributed by atoms with Crippen LogP contribution >= 0.6 is 0 Å². The molecule has 0 aromatic carbocycles. The number of ether oxygens (including phenoxy) is 1. The first-order valence-electron chi connectivity index (χ1n) is 11.4. The van der Waals surface area contributed by atoms with Crippen molar-refractivity contribution >= 4 is 5.96 Å². The first-order chi connectivity index (χ1) is 15.2. The zero-order valence-corrected chi connectivity index (χ0v) is 18.9. The van der Waals surface area contributed by atoms with E-state index in [0.717, 1.165) is 68.1 Å². The molecule has 0 saturated carbocycles. The molecular formula is C22H35N7O2. The van der Waals surface area contributed by atoms with Crippen molar-refractivity contribution in [1.82, 2.24) is 30.3 Å². The molecule has 2 aromatic rings. The molecule has 9 heteroatoms. The SMILES string of the molecule is CCNC(=NCC(c1ccc(C)o1)N1CCCC1)NC1CCc2nc(COC)nn2C1. The summed E-state index contributed by atoms with van der Waals surface area (Å²) in [6, 6.07) is 4.58. The summed E-state index contributed by atoms with van der Waals surface area (Å²) in [5, 5.41) is 11.6. The van der Waals surface area contributed by atoms with Crippen LogP contribution in [0, 0.1) is 6.92 Å². The number of aryl methyl sites for hydroxylation is 2. The third-order valence-electron chi connectivity index (χ3n) is 5.95. The Kier molecular flexibility index (Phi) is 7.24. The smallest absolute Gasteiger partial charge is 0.191 e. The Morgan fingerprint density at radius 2 is 2.19 bits per heavy atom. The minimum atomic E-state index is 0.177. The summed E-state index contributed by atoms with van der Waals surface area (Å²) in [5.41, 5.74) is 0. The molecule has 2 aromatic heterocycles. The van der Waals surface area contributed by atoms with E-state index in [9.17, 15) is 0 Å². The summed E-state index contributed by atoms with van der Waals surface area (Å²) in [6.45, 7) is 9.02. The van der Waals surface area contributed by atoms with Gasteiger partial charge in [0, 0.05) is 26.1 Å². The van der Waals surface area contributed by atoms with Crippen molar-refractivity contribution in [2.75, 3.05) is 33.3 Å². The Hall–Kier alpha value is -2.39. The molecule has 2 aliphatic heterocycles. The highest BCUT2D eigenvalue weighted by molar-refractivity contribution is 5.80. The van der Waals surface area contributed by atoms with Gasteiger partial charge in [0.15, 0.2) is 11.8 Å². The minimum Gasteiger partial charge on any atom is -0.465 e. The maximum Gasteiger partial charge on any atom is 0.191 e. The normalized spacial score (nSPS) is 20.6. The van der Waals surface area contributed by atoms with E-state index in [0.29, 0.717) is 13.2 Å². The zero-order valence-electron chi connectivity index (χ0n) is 18.9. The van der Waals surface area contributed by atoms with Crippen LogP contribution in [0.2, 0.25) is 0 Å². The number of nitrogens with one attached hydrogen (secondary N) is 2. The van der Waals surface area contributed by atoms with E-state index in [1.807, 2.05) is 17.7 Å². The molecular weight excluding hydrogens is 394 g/mol. The lowest BCUT2D eigenvalue weighted by Gasteiger charge is -2.27. The molecule has 2 N–H and O–H groups in total. The third kappa shape index (κ3) is 5.46. The predicted molar refractivity (Wildman–Crippen MR) is 119 cm³/mol. The summed E-state index contributed by atoms with van der Waals surface area (Å²) < 4.78 is 13.1. The zero-order chi connectivity index (χ0) is 21.6. The van der Waals surface area contributed by atoms with Gasteiger partial charge in [0.05, 0.1) is 19.1 Å². The van der Waals surface area contributed by atoms with Crippen LogP contribution in [0.3, 0.4) is 0 Å². The average molecular weight is 430 g/mol. The second-order valence-corrected chi connectivity index (χ2v) is 8.37. The number of hydrogen-bond donors (Lipinski definition) is 2. The van der Waals surface area contributed by atoms with Crippen molar-refractivity contribution in [2.45, 2.75) is 64.8 Å². The molecule has 9 nitrogen and oxygen atoms in total. The van der Waals surface area contributed by atoms with E-state index in [1.165, 1.54) is 12.8 Å². The van der Waals surface area contributed by atoms with Gasteiger partial charge >= 0.3 is 0 Å². The summed E-state index contributed by atoms with van der Waals surface area (Å²) in [7, 11) is 1.67. The quantitative estimate of drug-likeness (QED) is 0.490. The van der Waals surface area contributed by atoms with E-state index < -0.39 is 0 Å². The number of aromatic nitrogens is 3. The molecule has 0 aliphatic carbocycles. The van der Waals surface area contributed by atoms with Crippen LogP contribution in [-0.4, -0.2) is 65.0 Å². The molecule has 1 saturated heterocycles. The second-order valence-electron chi connectivity index (χ2n) is 8.37. The Morgan fingerprint density at radius 1 is 1.35 bits per heavy atom. The molecule has 0 radical (unpaired) electrons. The van der Waals surface area contributed by atoms with Crippen LogP contribution in [0.15, 0.2) is 21.5 Å². The van der Waals surface area contributed by atoms with Crippen LogP contribution in [0.5, 0.6) is 0 Å². The van der Waals surface area contributed by atoms with Crippen molar-refractivity contribution in [3.63, 3.8) is 0 Å². The van der Waals surface area contributed by atoms with Crippen LogP contribution in [0.1, 0.15) is 55.4 Å².